The lowest BCUT2D eigenvalue weighted by Crippen LogP contribution is -2.42. The number of carboxylic acids is 1. The molecule has 2 N–H and O–H groups in total. The van der Waals surface area contributed by atoms with Crippen molar-refractivity contribution in [1.82, 2.24) is 10.3 Å². The first-order valence-corrected chi connectivity index (χ1v) is 6.31. The van der Waals surface area contributed by atoms with Crippen molar-refractivity contribution >= 4 is 23.4 Å². The fraction of sp³-hybridized carbons (Fsp3) is 0.417. The second kappa shape index (κ2) is 5.73. The molecule has 1 aliphatic rings. The summed E-state index contributed by atoms with van der Waals surface area (Å²) in [5, 5.41) is 22.4. The number of nitrogens with zero attached hydrogens (tertiary/aromatic N) is 3. The number of likely N-dealkylation sites (N-methyl/N-ethyl adjacent to an activating group) is 1. The van der Waals surface area contributed by atoms with E-state index in [4.69, 9.17) is 5.11 Å². The van der Waals surface area contributed by atoms with Crippen molar-refractivity contribution in [2.45, 2.75) is 18.9 Å². The highest BCUT2D eigenvalue weighted by Crippen LogP contribution is 2.28. The number of carbonyl (C=O) groups is 2. The lowest BCUT2D eigenvalue weighted by molar-refractivity contribution is -0.385. The van der Waals surface area contributed by atoms with Crippen LogP contribution in [0.15, 0.2) is 12.3 Å². The lowest BCUT2D eigenvalue weighted by atomic mass is 10.2. The molecule has 0 bridgehead atoms. The van der Waals surface area contributed by atoms with Crippen molar-refractivity contribution in [3.05, 3.63) is 27.9 Å². The molecular weight excluding hydrogens is 280 g/mol. The van der Waals surface area contributed by atoms with Gasteiger partial charge in [0, 0.05) is 19.7 Å². The topological polar surface area (TPSA) is 126 Å². The zero-order chi connectivity index (χ0) is 15.6. The molecule has 0 saturated carbocycles. The van der Waals surface area contributed by atoms with Crippen LogP contribution in [0, 0.1) is 10.1 Å². The summed E-state index contributed by atoms with van der Waals surface area (Å²) < 4.78 is 0. The standard InChI is InChI=1S/C12H14N4O5/c1-13-11(17)8-3-2-4-15(8)10-5-7(12(18)19)9(6-14-10)16(20)21/h5-6,8H,2-4H2,1H3,(H,13,17)(H,18,19). The maximum atomic E-state index is 11.8. The first kappa shape index (κ1) is 14.7. The van der Waals surface area contributed by atoms with E-state index in [9.17, 15) is 19.7 Å². The lowest BCUT2D eigenvalue weighted by Gasteiger charge is -2.24. The molecule has 1 aliphatic heterocycles. The maximum Gasteiger partial charge on any atom is 0.342 e. The molecule has 1 unspecified atom stereocenters. The number of carboxylic acid groups (broad SMARTS) is 1. The fourth-order valence-electron chi connectivity index (χ4n) is 2.39. The Hall–Kier alpha value is -2.71. The molecule has 1 atom stereocenters. The molecule has 2 rings (SSSR count). The highest BCUT2D eigenvalue weighted by molar-refractivity contribution is 5.93. The van der Waals surface area contributed by atoms with Gasteiger partial charge in [0.1, 0.15) is 23.6 Å². The van der Waals surface area contributed by atoms with Crippen molar-refractivity contribution in [2.24, 2.45) is 0 Å². The Morgan fingerprint density at radius 1 is 1.57 bits per heavy atom. The van der Waals surface area contributed by atoms with Gasteiger partial charge in [0.05, 0.1) is 4.92 Å². The van der Waals surface area contributed by atoms with Gasteiger partial charge in [0.2, 0.25) is 5.91 Å². The minimum absolute atomic E-state index is 0.190. The molecule has 9 heteroatoms. The van der Waals surface area contributed by atoms with E-state index in [0.29, 0.717) is 13.0 Å². The van der Waals surface area contributed by atoms with E-state index >= 15 is 0 Å². The van der Waals surface area contributed by atoms with Crippen molar-refractivity contribution in [3.63, 3.8) is 0 Å². The van der Waals surface area contributed by atoms with Crippen molar-refractivity contribution in [3.8, 4) is 0 Å². The van der Waals surface area contributed by atoms with Crippen LogP contribution in [-0.2, 0) is 4.79 Å². The Kier molecular flexibility index (Phi) is 4.01. The van der Waals surface area contributed by atoms with Crippen LogP contribution in [0.1, 0.15) is 23.2 Å². The molecule has 1 amide bonds. The van der Waals surface area contributed by atoms with Crippen LogP contribution in [0.4, 0.5) is 11.5 Å². The summed E-state index contributed by atoms with van der Waals surface area (Å²) in [6.45, 7) is 0.544. The smallest absolute Gasteiger partial charge is 0.342 e. The normalized spacial score (nSPS) is 17.6. The summed E-state index contributed by atoms with van der Waals surface area (Å²) in [4.78, 5) is 38.5. The average molecular weight is 294 g/mol. The molecule has 21 heavy (non-hydrogen) atoms. The van der Waals surface area contributed by atoms with Crippen LogP contribution < -0.4 is 10.2 Å². The Balaban J connectivity index is 2.40. The number of hydrogen-bond donors (Lipinski definition) is 2. The number of anilines is 1. The van der Waals surface area contributed by atoms with Gasteiger partial charge in [-0.2, -0.15) is 0 Å². The average Bonchev–Trinajstić information content (AvgIpc) is 2.94. The Morgan fingerprint density at radius 3 is 2.86 bits per heavy atom. The van der Waals surface area contributed by atoms with Crippen molar-refractivity contribution in [2.75, 3.05) is 18.5 Å². The minimum Gasteiger partial charge on any atom is -0.477 e. The van der Waals surface area contributed by atoms with Gasteiger partial charge in [0.15, 0.2) is 0 Å². The summed E-state index contributed by atoms with van der Waals surface area (Å²) in [5.74, 6) is -1.34. The van der Waals surface area contributed by atoms with E-state index in [1.54, 1.807) is 4.90 Å². The quantitative estimate of drug-likeness (QED) is 0.608. The Bertz CT molecular complexity index is 603. The largest absolute Gasteiger partial charge is 0.477 e. The first-order chi connectivity index (χ1) is 9.95. The highest BCUT2D eigenvalue weighted by atomic mass is 16.6. The number of carbonyl (C=O) groups excluding carboxylic acids is 1. The number of rotatable bonds is 4. The van der Waals surface area contributed by atoms with Crippen LogP contribution in [0.2, 0.25) is 0 Å². The van der Waals surface area contributed by atoms with E-state index in [1.165, 1.54) is 7.05 Å². The van der Waals surface area contributed by atoms with Crippen LogP contribution in [-0.4, -0.2) is 46.5 Å². The van der Waals surface area contributed by atoms with Gasteiger partial charge in [-0.05, 0) is 12.8 Å². The monoisotopic (exact) mass is 294 g/mol. The third kappa shape index (κ3) is 2.76. The summed E-state index contributed by atoms with van der Waals surface area (Å²) in [7, 11) is 1.52. The third-order valence-corrected chi connectivity index (χ3v) is 3.39. The molecule has 0 radical (unpaired) electrons. The number of aromatic nitrogens is 1. The minimum atomic E-state index is -1.40. The number of aromatic carboxylic acids is 1. The predicted molar refractivity (Wildman–Crippen MR) is 72.3 cm³/mol. The molecular formula is C12H14N4O5. The second-order valence-electron chi connectivity index (χ2n) is 4.59. The molecule has 0 aromatic carbocycles. The van der Waals surface area contributed by atoms with Gasteiger partial charge >= 0.3 is 11.7 Å². The Morgan fingerprint density at radius 2 is 2.29 bits per heavy atom. The maximum absolute atomic E-state index is 11.8. The molecule has 1 saturated heterocycles. The molecule has 9 nitrogen and oxygen atoms in total. The summed E-state index contributed by atoms with van der Waals surface area (Å²) >= 11 is 0. The first-order valence-electron chi connectivity index (χ1n) is 6.31. The van der Waals surface area contributed by atoms with Crippen LogP contribution in [0.3, 0.4) is 0 Å². The summed E-state index contributed by atoms with van der Waals surface area (Å²) in [6, 6.07) is 0.701. The highest BCUT2D eigenvalue weighted by Gasteiger charge is 2.32. The molecule has 0 aliphatic carbocycles. The van der Waals surface area contributed by atoms with Crippen LogP contribution in [0.5, 0.6) is 0 Å². The zero-order valence-corrected chi connectivity index (χ0v) is 11.3. The number of nitrogens with one attached hydrogen (secondary N) is 1. The van der Waals surface area contributed by atoms with Gasteiger partial charge in [0.25, 0.3) is 0 Å². The number of nitro groups is 1. The molecule has 1 aromatic rings. The zero-order valence-electron chi connectivity index (χ0n) is 11.3. The second-order valence-corrected chi connectivity index (χ2v) is 4.59. The van der Waals surface area contributed by atoms with E-state index in [1.807, 2.05) is 0 Å². The van der Waals surface area contributed by atoms with Gasteiger partial charge in [-0.25, -0.2) is 9.78 Å². The van der Waals surface area contributed by atoms with E-state index < -0.39 is 28.2 Å². The van der Waals surface area contributed by atoms with Crippen molar-refractivity contribution < 1.29 is 19.6 Å². The van der Waals surface area contributed by atoms with Gasteiger partial charge < -0.3 is 15.3 Å². The SMILES string of the molecule is CNC(=O)C1CCCN1c1cc(C(=O)O)c([N+](=O)[O-])cn1. The van der Waals surface area contributed by atoms with E-state index in [-0.39, 0.29) is 11.7 Å². The molecule has 2 heterocycles. The fourth-order valence-corrected chi connectivity index (χ4v) is 2.39. The number of hydrogen-bond acceptors (Lipinski definition) is 6. The van der Waals surface area contributed by atoms with Gasteiger partial charge in [-0.1, -0.05) is 0 Å². The third-order valence-electron chi connectivity index (χ3n) is 3.39. The Labute approximate surface area is 119 Å². The predicted octanol–water partition coefficient (Wildman–Crippen LogP) is 0.403. The van der Waals surface area contributed by atoms with Crippen LogP contribution in [0.25, 0.3) is 0 Å². The summed E-state index contributed by atoms with van der Waals surface area (Å²) in [6.07, 6.45) is 2.30. The molecule has 1 aromatic heterocycles. The number of amides is 1. The van der Waals surface area contributed by atoms with Gasteiger partial charge in [-0.3, -0.25) is 14.9 Å². The van der Waals surface area contributed by atoms with E-state index in [0.717, 1.165) is 18.7 Å². The number of pyridine rings is 1. The van der Waals surface area contributed by atoms with Gasteiger partial charge in [-0.15, -0.1) is 0 Å². The van der Waals surface area contributed by atoms with E-state index in [2.05, 4.69) is 10.3 Å². The van der Waals surface area contributed by atoms with Crippen molar-refractivity contribution in [1.29, 1.82) is 0 Å². The summed E-state index contributed by atoms with van der Waals surface area (Å²) in [5.41, 5.74) is -1.01. The molecule has 0 spiro atoms. The van der Waals surface area contributed by atoms with Crippen LogP contribution >= 0.6 is 0 Å². The molecule has 1 fully saturated rings. The molecule has 112 valence electrons.